The van der Waals surface area contributed by atoms with Crippen LogP contribution in [0, 0.1) is 23.2 Å². The standard InChI is InChI=1S/C16H25N3/c1-17-14(15-18-3-4-19(15)2)16-8-11-5-12(9-16)7-13(6-11)10-16/h3-4,11-14,17H,5-10H2,1-2H3. The average Bonchev–Trinajstić information content (AvgIpc) is 2.74. The number of hydrogen-bond acceptors (Lipinski definition) is 2. The Morgan fingerprint density at radius 2 is 1.79 bits per heavy atom. The highest BCUT2D eigenvalue weighted by molar-refractivity contribution is 5.12. The number of rotatable bonds is 3. The normalized spacial score (nSPS) is 41.7. The Morgan fingerprint density at radius 3 is 2.21 bits per heavy atom. The molecular formula is C16H25N3. The van der Waals surface area contributed by atoms with Gasteiger partial charge in [-0.2, -0.15) is 0 Å². The zero-order valence-electron chi connectivity index (χ0n) is 12.1. The minimum Gasteiger partial charge on any atom is -0.337 e. The lowest BCUT2D eigenvalue weighted by Crippen LogP contribution is -2.51. The van der Waals surface area contributed by atoms with Crippen LogP contribution in [0.15, 0.2) is 12.4 Å². The third-order valence-electron chi connectivity index (χ3n) is 6.10. The Morgan fingerprint density at radius 1 is 1.21 bits per heavy atom. The summed E-state index contributed by atoms with van der Waals surface area (Å²) >= 11 is 0. The van der Waals surface area contributed by atoms with E-state index in [4.69, 9.17) is 0 Å². The van der Waals surface area contributed by atoms with Crippen LogP contribution in [0.25, 0.3) is 0 Å². The second-order valence-corrected chi connectivity index (χ2v) is 7.40. The van der Waals surface area contributed by atoms with Gasteiger partial charge in [0.15, 0.2) is 0 Å². The molecule has 1 N–H and O–H groups in total. The second-order valence-electron chi connectivity index (χ2n) is 7.40. The molecule has 4 fully saturated rings. The maximum atomic E-state index is 4.64. The molecule has 5 rings (SSSR count). The summed E-state index contributed by atoms with van der Waals surface area (Å²) in [7, 11) is 4.26. The Labute approximate surface area is 115 Å². The molecule has 1 unspecified atom stereocenters. The van der Waals surface area contributed by atoms with Crippen molar-refractivity contribution in [3.05, 3.63) is 18.2 Å². The molecule has 0 saturated heterocycles. The molecule has 0 aromatic carbocycles. The highest BCUT2D eigenvalue weighted by Crippen LogP contribution is 2.63. The quantitative estimate of drug-likeness (QED) is 0.904. The number of nitrogens with one attached hydrogen (secondary N) is 1. The molecule has 0 aliphatic heterocycles. The molecule has 4 aliphatic carbocycles. The fraction of sp³-hybridized carbons (Fsp3) is 0.812. The lowest BCUT2D eigenvalue weighted by atomic mass is 9.47. The van der Waals surface area contributed by atoms with Crippen LogP contribution in [0.2, 0.25) is 0 Å². The van der Waals surface area contributed by atoms with Gasteiger partial charge in [-0.15, -0.1) is 0 Å². The van der Waals surface area contributed by atoms with E-state index < -0.39 is 0 Å². The van der Waals surface area contributed by atoms with Gasteiger partial charge >= 0.3 is 0 Å². The Hall–Kier alpha value is -0.830. The lowest BCUT2D eigenvalue weighted by molar-refractivity contribution is -0.0755. The van der Waals surface area contributed by atoms with Crippen molar-refractivity contribution in [3.8, 4) is 0 Å². The van der Waals surface area contributed by atoms with Crippen LogP contribution in [-0.4, -0.2) is 16.6 Å². The van der Waals surface area contributed by atoms with Crippen molar-refractivity contribution in [1.82, 2.24) is 14.9 Å². The zero-order chi connectivity index (χ0) is 13.0. The molecule has 0 amide bonds. The van der Waals surface area contributed by atoms with Crippen molar-refractivity contribution < 1.29 is 0 Å². The van der Waals surface area contributed by atoms with Gasteiger partial charge in [-0.25, -0.2) is 4.98 Å². The first-order valence-corrected chi connectivity index (χ1v) is 7.85. The monoisotopic (exact) mass is 259 g/mol. The summed E-state index contributed by atoms with van der Waals surface area (Å²) in [4.78, 5) is 4.64. The van der Waals surface area contributed by atoms with Crippen molar-refractivity contribution in [1.29, 1.82) is 0 Å². The Balaban J connectivity index is 1.72. The molecule has 1 aromatic rings. The molecular weight excluding hydrogens is 234 g/mol. The van der Waals surface area contributed by atoms with E-state index in [-0.39, 0.29) is 0 Å². The van der Waals surface area contributed by atoms with Crippen LogP contribution in [-0.2, 0) is 7.05 Å². The highest BCUT2D eigenvalue weighted by atomic mass is 15.1. The average molecular weight is 259 g/mol. The highest BCUT2D eigenvalue weighted by Gasteiger charge is 2.54. The third-order valence-corrected chi connectivity index (χ3v) is 6.10. The topological polar surface area (TPSA) is 29.9 Å². The lowest BCUT2D eigenvalue weighted by Gasteiger charge is -2.59. The third kappa shape index (κ3) is 1.70. The summed E-state index contributed by atoms with van der Waals surface area (Å²) in [6.45, 7) is 0. The summed E-state index contributed by atoms with van der Waals surface area (Å²) in [6, 6.07) is 0.445. The molecule has 1 heterocycles. The van der Waals surface area contributed by atoms with Gasteiger partial charge in [0.1, 0.15) is 5.82 Å². The largest absolute Gasteiger partial charge is 0.337 e. The number of aromatic nitrogens is 2. The summed E-state index contributed by atoms with van der Waals surface area (Å²) in [6.07, 6.45) is 12.8. The molecule has 19 heavy (non-hydrogen) atoms. The molecule has 0 spiro atoms. The molecule has 4 saturated carbocycles. The summed E-state index contributed by atoms with van der Waals surface area (Å²) in [5.74, 6) is 4.25. The van der Waals surface area contributed by atoms with Crippen LogP contribution in [0.1, 0.15) is 50.4 Å². The van der Waals surface area contributed by atoms with Crippen LogP contribution in [0.3, 0.4) is 0 Å². The van der Waals surface area contributed by atoms with Crippen LogP contribution in [0.5, 0.6) is 0 Å². The zero-order valence-corrected chi connectivity index (χ0v) is 12.1. The van der Waals surface area contributed by atoms with E-state index in [0.717, 1.165) is 17.8 Å². The Kier molecular flexibility index (Phi) is 2.57. The van der Waals surface area contributed by atoms with Crippen molar-refractivity contribution >= 4 is 0 Å². The van der Waals surface area contributed by atoms with Crippen LogP contribution < -0.4 is 5.32 Å². The van der Waals surface area contributed by atoms with E-state index in [1.807, 2.05) is 6.20 Å². The number of hydrogen-bond donors (Lipinski definition) is 1. The molecule has 3 heteroatoms. The van der Waals surface area contributed by atoms with Gasteiger partial charge in [0, 0.05) is 19.4 Å². The molecule has 1 atom stereocenters. The van der Waals surface area contributed by atoms with Gasteiger partial charge in [0.25, 0.3) is 0 Å². The Bertz CT molecular complexity index is 441. The van der Waals surface area contributed by atoms with Gasteiger partial charge in [-0.05, 0) is 68.7 Å². The van der Waals surface area contributed by atoms with Gasteiger partial charge in [0.2, 0.25) is 0 Å². The molecule has 4 bridgehead atoms. The maximum absolute atomic E-state index is 4.64. The summed E-state index contributed by atoms with van der Waals surface area (Å²) < 4.78 is 2.21. The summed E-state index contributed by atoms with van der Waals surface area (Å²) in [5.41, 5.74) is 0.489. The van der Waals surface area contributed by atoms with Crippen LogP contribution >= 0.6 is 0 Å². The minimum absolute atomic E-state index is 0.445. The maximum Gasteiger partial charge on any atom is 0.126 e. The van der Waals surface area contributed by atoms with E-state index in [9.17, 15) is 0 Å². The molecule has 3 nitrogen and oxygen atoms in total. The van der Waals surface area contributed by atoms with Crippen LogP contribution in [0.4, 0.5) is 0 Å². The second kappa shape index (κ2) is 4.08. The van der Waals surface area contributed by atoms with E-state index >= 15 is 0 Å². The number of aryl methyl sites for hydroxylation is 1. The first-order chi connectivity index (χ1) is 9.20. The molecule has 104 valence electrons. The smallest absolute Gasteiger partial charge is 0.126 e. The predicted octanol–water partition coefficient (Wildman–Crippen LogP) is 2.90. The summed E-state index contributed by atoms with van der Waals surface area (Å²) in [5, 5.41) is 3.62. The SMILES string of the molecule is CNC(c1nccn1C)C12CC3CC(CC(C3)C1)C2. The van der Waals surface area contributed by atoms with Gasteiger partial charge in [0.05, 0.1) is 6.04 Å². The van der Waals surface area contributed by atoms with E-state index in [1.165, 1.54) is 44.3 Å². The van der Waals surface area contributed by atoms with Gasteiger partial charge < -0.3 is 9.88 Å². The fourth-order valence-corrected chi connectivity index (χ4v) is 5.90. The molecule has 1 aromatic heterocycles. The van der Waals surface area contributed by atoms with Gasteiger partial charge in [-0.3, -0.25) is 0 Å². The molecule has 4 aliphatic rings. The number of nitrogens with zero attached hydrogens (tertiary/aromatic N) is 2. The van der Waals surface area contributed by atoms with Crippen molar-refractivity contribution in [2.24, 2.45) is 30.2 Å². The predicted molar refractivity (Wildman–Crippen MR) is 75.6 cm³/mol. The fourth-order valence-electron chi connectivity index (χ4n) is 5.90. The number of imidazole rings is 1. The van der Waals surface area contributed by atoms with E-state index in [1.54, 1.807) is 0 Å². The van der Waals surface area contributed by atoms with E-state index in [2.05, 4.69) is 35.2 Å². The first kappa shape index (κ1) is 12.0. The minimum atomic E-state index is 0.445. The van der Waals surface area contributed by atoms with Gasteiger partial charge in [-0.1, -0.05) is 0 Å². The van der Waals surface area contributed by atoms with E-state index in [0.29, 0.717) is 11.5 Å². The molecule has 0 radical (unpaired) electrons. The first-order valence-electron chi connectivity index (χ1n) is 7.85. The van der Waals surface area contributed by atoms with Crippen molar-refractivity contribution in [3.63, 3.8) is 0 Å². The van der Waals surface area contributed by atoms with Crippen molar-refractivity contribution in [2.45, 2.75) is 44.6 Å². The van der Waals surface area contributed by atoms with Crippen molar-refractivity contribution in [2.75, 3.05) is 7.05 Å².